The average Bonchev–Trinajstić information content (AvgIpc) is 2.45. The molecule has 0 aromatic carbocycles. The number of hydrogen-bond donors (Lipinski definition) is 1. The molecule has 2 rings (SSSR count). The number of fused-ring (bicyclic) bond motifs is 1. The van der Waals surface area contributed by atoms with Gasteiger partial charge in [-0.2, -0.15) is 0 Å². The largest absolute Gasteiger partial charge is 0.361 e. The van der Waals surface area contributed by atoms with Crippen molar-refractivity contribution in [3.63, 3.8) is 0 Å². The lowest BCUT2D eigenvalue weighted by Gasteiger charge is -2.34. The second kappa shape index (κ2) is 2.65. The van der Waals surface area contributed by atoms with E-state index in [0.717, 1.165) is 0 Å². The highest BCUT2D eigenvalue weighted by Crippen LogP contribution is 2.42. The molecule has 1 N–H and O–H groups in total. The molecular weight excluding hydrogens is 170 g/mol. The molecule has 0 atom stereocenters. The average molecular weight is 191 g/mol. The van der Waals surface area contributed by atoms with Gasteiger partial charge in [-0.3, -0.25) is 0 Å². The zero-order valence-electron chi connectivity index (χ0n) is 9.99. The highest BCUT2D eigenvalue weighted by atomic mass is 14.8. The third-order valence-corrected chi connectivity index (χ3v) is 3.82. The first-order chi connectivity index (χ1) is 6.37. The zero-order chi connectivity index (χ0) is 10.6. The van der Waals surface area contributed by atoms with Gasteiger partial charge in [0.05, 0.1) is 0 Å². The van der Waals surface area contributed by atoms with Crippen molar-refractivity contribution in [2.45, 2.75) is 58.3 Å². The molecule has 1 aliphatic carbocycles. The fourth-order valence-corrected chi connectivity index (χ4v) is 2.25. The Morgan fingerprint density at radius 1 is 1.43 bits per heavy atom. The quantitative estimate of drug-likeness (QED) is 0.736. The Morgan fingerprint density at radius 2 is 2.07 bits per heavy atom. The van der Waals surface area contributed by atoms with Crippen LogP contribution in [0, 0.1) is 0 Å². The summed E-state index contributed by atoms with van der Waals surface area (Å²) >= 11 is 0. The SMILES string of the molecule is CCC(C)(C)c1cc2c([nH]1)C(C)(C)C2. The zero-order valence-corrected chi connectivity index (χ0v) is 9.99. The molecule has 1 aliphatic rings. The fourth-order valence-electron chi connectivity index (χ4n) is 2.25. The maximum absolute atomic E-state index is 3.61. The molecule has 0 radical (unpaired) electrons. The van der Waals surface area contributed by atoms with E-state index in [1.54, 1.807) is 0 Å². The molecule has 0 spiro atoms. The molecule has 0 amide bonds. The second-order valence-electron chi connectivity index (χ2n) is 5.88. The summed E-state index contributed by atoms with van der Waals surface area (Å²) < 4.78 is 0. The van der Waals surface area contributed by atoms with E-state index < -0.39 is 0 Å². The van der Waals surface area contributed by atoms with Gasteiger partial charge in [0.2, 0.25) is 0 Å². The van der Waals surface area contributed by atoms with Gasteiger partial charge in [0.1, 0.15) is 0 Å². The van der Waals surface area contributed by atoms with Crippen molar-refractivity contribution in [3.05, 3.63) is 23.0 Å². The van der Waals surface area contributed by atoms with Gasteiger partial charge < -0.3 is 4.98 Å². The number of aromatic nitrogens is 1. The molecule has 1 nitrogen and oxygen atoms in total. The first kappa shape index (κ1) is 9.82. The van der Waals surface area contributed by atoms with Crippen LogP contribution in [-0.2, 0) is 17.3 Å². The van der Waals surface area contributed by atoms with Crippen molar-refractivity contribution in [1.82, 2.24) is 4.98 Å². The third kappa shape index (κ3) is 1.22. The van der Waals surface area contributed by atoms with Crippen LogP contribution in [-0.4, -0.2) is 4.98 Å². The molecule has 0 unspecified atom stereocenters. The van der Waals surface area contributed by atoms with Gasteiger partial charge in [-0.15, -0.1) is 0 Å². The molecule has 0 bridgehead atoms. The van der Waals surface area contributed by atoms with Crippen LogP contribution < -0.4 is 0 Å². The van der Waals surface area contributed by atoms with Crippen LogP contribution in [0.5, 0.6) is 0 Å². The van der Waals surface area contributed by atoms with Gasteiger partial charge in [-0.1, -0.05) is 34.6 Å². The van der Waals surface area contributed by atoms with E-state index in [1.807, 2.05) is 0 Å². The lowest BCUT2D eigenvalue weighted by molar-refractivity contribution is 0.438. The normalized spacial score (nSPS) is 18.9. The molecule has 1 heteroatoms. The van der Waals surface area contributed by atoms with Gasteiger partial charge in [0, 0.05) is 22.2 Å². The molecular formula is C13H21N. The predicted octanol–water partition coefficient (Wildman–Crippen LogP) is 3.54. The van der Waals surface area contributed by atoms with Crippen LogP contribution in [0.4, 0.5) is 0 Å². The van der Waals surface area contributed by atoms with Gasteiger partial charge in [-0.25, -0.2) is 0 Å². The summed E-state index contributed by atoms with van der Waals surface area (Å²) in [6, 6.07) is 2.37. The maximum Gasteiger partial charge on any atom is 0.0243 e. The Kier molecular flexibility index (Phi) is 1.86. The van der Waals surface area contributed by atoms with E-state index >= 15 is 0 Å². The number of H-pyrrole nitrogens is 1. The topological polar surface area (TPSA) is 15.8 Å². The minimum atomic E-state index is 0.299. The smallest absolute Gasteiger partial charge is 0.0243 e. The van der Waals surface area contributed by atoms with Crippen molar-refractivity contribution >= 4 is 0 Å². The van der Waals surface area contributed by atoms with Crippen molar-refractivity contribution in [3.8, 4) is 0 Å². The number of nitrogens with one attached hydrogen (secondary N) is 1. The Bertz CT molecular complexity index is 355. The van der Waals surface area contributed by atoms with Gasteiger partial charge >= 0.3 is 0 Å². The molecule has 1 heterocycles. The highest BCUT2D eigenvalue weighted by Gasteiger charge is 2.37. The lowest BCUT2D eigenvalue weighted by Crippen LogP contribution is -2.31. The summed E-state index contributed by atoms with van der Waals surface area (Å²) in [5.74, 6) is 0. The summed E-state index contributed by atoms with van der Waals surface area (Å²) in [6.07, 6.45) is 2.42. The first-order valence-corrected chi connectivity index (χ1v) is 5.60. The first-order valence-electron chi connectivity index (χ1n) is 5.60. The van der Waals surface area contributed by atoms with Crippen LogP contribution >= 0.6 is 0 Å². The lowest BCUT2D eigenvalue weighted by atomic mass is 9.71. The summed E-state index contributed by atoms with van der Waals surface area (Å²) in [6.45, 7) is 11.5. The van der Waals surface area contributed by atoms with Gasteiger partial charge in [0.15, 0.2) is 0 Å². The van der Waals surface area contributed by atoms with Crippen LogP contribution in [0.1, 0.15) is 58.0 Å². The summed E-state index contributed by atoms with van der Waals surface area (Å²) in [4.78, 5) is 3.61. The second-order valence-corrected chi connectivity index (χ2v) is 5.88. The van der Waals surface area contributed by atoms with Crippen LogP contribution in [0.25, 0.3) is 0 Å². The van der Waals surface area contributed by atoms with E-state index in [0.29, 0.717) is 10.8 Å². The maximum atomic E-state index is 3.61. The van der Waals surface area contributed by atoms with Crippen molar-refractivity contribution in [2.75, 3.05) is 0 Å². The van der Waals surface area contributed by atoms with E-state index in [9.17, 15) is 0 Å². The molecule has 0 fully saturated rings. The number of aromatic amines is 1. The van der Waals surface area contributed by atoms with Gasteiger partial charge in [0.25, 0.3) is 0 Å². The van der Waals surface area contributed by atoms with E-state index in [4.69, 9.17) is 0 Å². The minimum Gasteiger partial charge on any atom is -0.361 e. The van der Waals surface area contributed by atoms with E-state index in [2.05, 4.69) is 45.7 Å². The van der Waals surface area contributed by atoms with Crippen LogP contribution in [0.15, 0.2) is 6.07 Å². The number of rotatable bonds is 2. The molecule has 1 aromatic heterocycles. The van der Waals surface area contributed by atoms with Crippen molar-refractivity contribution < 1.29 is 0 Å². The van der Waals surface area contributed by atoms with Crippen LogP contribution in [0.3, 0.4) is 0 Å². The van der Waals surface area contributed by atoms with Crippen molar-refractivity contribution in [2.24, 2.45) is 0 Å². The highest BCUT2D eigenvalue weighted by molar-refractivity contribution is 5.43. The Hall–Kier alpha value is -0.720. The standard InChI is InChI=1S/C13H21N/c1-6-12(2,3)10-7-9-8-13(4,5)11(9)14-10/h7,14H,6,8H2,1-5H3. The Morgan fingerprint density at radius 3 is 2.50 bits per heavy atom. The summed E-state index contributed by atoms with van der Waals surface area (Å²) in [5.41, 5.74) is 5.10. The van der Waals surface area contributed by atoms with E-state index in [-0.39, 0.29) is 0 Å². The van der Waals surface area contributed by atoms with Gasteiger partial charge in [-0.05, 0) is 24.5 Å². The Labute approximate surface area is 86.9 Å². The fraction of sp³-hybridized carbons (Fsp3) is 0.692. The monoisotopic (exact) mass is 191 g/mol. The Balaban J connectivity index is 2.37. The third-order valence-electron chi connectivity index (χ3n) is 3.82. The summed E-state index contributed by atoms with van der Waals surface area (Å²) in [7, 11) is 0. The minimum absolute atomic E-state index is 0.299. The summed E-state index contributed by atoms with van der Waals surface area (Å²) in [5, 5.41) is 0. The molecule has 1 aromatic rings. The number of hydrogen-bond acceptors (Lipinski definition) is 0. The molecule has 0 saturated carbocycles. The molecule has 14 heavy (non-hydrogen) atoms. The van der Waals surface area contributed by atoms with Crippen LogP contribution in [0.2, 0.25) is 0 Å². The van der Waals surface area contributed by atoms with E-state index in [1.165, 1.54) is 29.8 Å². The van der Waals surface area contributed by atoms with Crippen molar-refractivity contribution in [1.29, 1.82) is 0 Å². The predicted molar refractivity (Wildman–Crippen MR) is 60.8 cm³/mol. The molecule has 78 valence electrons. The molecule has 0 saturated heterocycles. The molecule has 0 aliphatic heterocycles.